The van der Waals surface area contributed by atoms with Gasteiger partial charge in [-0.3, -0.25) is 9.59 Å². The van der Waals surface area contributed by atoms with Gasteiger partial charge in [-0.15, -0.1) is 13.2 Å². The van der Waals surface area contributed by atoms with Crippen LogP contribution in [0.5, 0.6) is 0 Å². The van der Waals surface area contributed by atoms with Gasteiger partial charge in [-0.25, -0.2) is 9.59 Å². The first-order valence-electron chi connectivity index (χ1n) is 19.1. The molecule has 3 amide bonds. The highest BCUT2D eigenvalue weighted by Crippen LogP contribution is 2.44. The summed E-state index contributed by atoms with van der Waals surface area (Å²) in [6, 6.07) is 23.7. The lowest BCUT2D eigenvalue weighted by Gasteiger charge is -2.29. The molecule has 1 saturated carbocycles. The quantitative estimate of drug-likeness (QED) is 0.0752. The van der Waals surface area contributed by atoms with E-state index in [1.165, 1.54) is 0 Å². The topological polar surface area (TPSA) is 152 Å². The lowest BCUT2D eigenvalue weighted by Crippen LogP contribution is -2.51. The van der Waals surface area contributed by atoms with Crippen LogP contribution in [-0.2, 0) is 35.2 Å². The molecule has 4 N–H and O–H groups in total. The molecular formula is C44H53N3O8. The summed E-state index contributed by atoms with van der Waals surface area (Å²) in [5.74, 6) is -2.36. The second kappa shape index (κ2) is 20.4. The fraction of sp³-hybridized carbons (Fsp3) is 0.409. The Kier molecular flexibility index (Phi) is 15.2. The Labute approximate surface area is 323 Å². The van der Waals surface area contributed by atoms with Crippen molar-refractivity contribution in [3.05, 3.63) is 121 Å². The number of aliphatic hydroxyl groups excluding tert-OH is 1. The molecule has 55 heavy (non-hydrogen) atoms. The van der Waals surface area contributed by atoms with Crippen molar-refractivity contribution in [3.8, 4) is 11.1 Å². The molecule has 3 aromatic rings. The largest absolute Gasteiger partial charge is 0.462 e. The number of hydrogen-bond donors (Lipinski definition) is 4. The average Bonchev–Trinajstić information content (AvgIpc) is 3.80. The highest BCUT2D eigenvalue weighted by atomic mass is 16.6. The Morgan fingerprint density at radius 3 is 2.13 bits per heavy atom. The van der Waals surface area contributed by atoms with E-state index in [0.717, 1.165) is 40.7 Å². The van der Waals surface area contributed by atoms with Gasteiger partial charge in [-0.05, 0) is 59.9 Å². The number of aliphatic hydroxyl groups is 1. The van der Waals surface area contributed by atoms with Crippen molar-refractivity contribution in [1.29, 1.82) is 0 Å². The molecule has 5 rings (SSSR count). The third-order valence-electron chi connectivity index (χ3n) is 10.3. The number of ether oxygens (including phenoxy) is 3. The second-order valence-corrected chi connectivity index (χ2v) is 14.3. The van der Waals surface area contributed by atoms with Crippen molar-refractivity contribution < 1.29 is 38.5 Å². The Bertz CT molecular complexity index is 1730. The summed E-state index contributed by atoms with van der Waals surface area (Å²) < 4.78 is 17.3. The zero-order valence-corrected chi connectivity index (χ0v) is 31.4. The molecule has 0 radical (unpaired) electrons. The number of carbonyl (C=O) groups is 4. The van der Waals surface area contributed by atoms with Gasteiger partial charge < -0.3 is 35.3 Å². The van der Waals surface area contributed by atoms with E-state index in [-0.39, 0.29) is 64.1 Å². The van der Waals surface area contributed by atoms with Crippen molar-refractivity contribution in [2.24, 2.45) is 5.92 Å². The Balaban J connectivity index is 1.20. The minimum atomic E-state index is -1.04. The molecule has 2 aliphatic carbocycles. The maximum Gasteiger partial charge on any atom is 0.407 e. The van der Waals surface area contributed by atoms with Crippen LogP contribution in [0.2, 0.25) is 0 Å². The molecule has 11 nitrogen and oxygen atoms in total. The van der Waals surface area contributed by atoms with E-state index < -0.39 is 41.5 Å². The van der Waals surface area contributed by atoms with Crippen LogP contribution >= 0.6 is 0 Å². The number of fused-ring (bicyclic) bond motifs is 3. The molecule has 2 aliphatic rings. The summed E-state index contributed by atoms with van der Waals surface area (Å²) in [7, 11) is 0. The molecule has 0 spiro atoms. The molecule has 0 saturated heterocycles. The molecule has 1 fully saturated rings. The Morgan fingerprint density at radius 2 is 1.49 bits per heavy atom. The smallest absolute Gasteiger partial charge is 0.407 e. The zero-order valence-electron chi connectivity index (χ0n) is 31.4. The predicted molar refractivity (Wildman–Crippen MR) is 210 cm³/mol. The number of benzene rings is 3. The van der Waals surface area contributed by atoms with Crippen molar-refractivity contribution in [1.82, 2.24) is 16.0 Å². The highest BCUT2D eigenvalue weighted by Gasteiger charge is 2.36. The lowest BCUT2D eigenvalue weighted by atomic mass is 9.95. The van der Waals surface area contributed by atoms with Gasteiger partial charge in [-0.1, -0.05) is 104 Å². The van der Waals surface area contributed by atoms with Gasteiger partial charge in [0.05, 0.1) is 37.3 Å². The average molecular weight is 752 g/mol. The number of esters is 1. The van der Waals surface area contributed by atoms with Crippen LogP contribution in [0.15, 0.2) is 104 Å². The molecule has 0 aromatic heterocycles. The maximum atomic E-state index is 13.6. The SMILES string of the molecule is C=CCC[C@H](NC(=O)OCC1c2ccccc2-c2ccccc21)C(=O)OC[C@H](COCc1ccccc1)NC(=O)[C@@H](CC=C)CC(=O)NC1(CO)CCCC1. The van der Waals surface area contributed by atoms with Crippen LogP contribution < -0.4 is 16.0 Å². The monoisotopic (exact) mass is 751 g/mol. The van der Waals surface area contributed by atoms with Gasteiger partial charge >= 0.3 is 12.1 Å². The third kappa shape index (κ3) is 11.4. The first kappa shape index (κ1) is 40.9. The summed E-state index contributed by atoms with van der Waals surface area (Å²) in [6.45, 7) is 7.46. The summed E-state index contributed by atoms with van der Waals surface area (Å²) in [4.78, 5) is 53.3. The predicted octanol–water partition coefficient (Wildman–Crippen LogP) is 6.11. The number of amides is 3. The van der Waals surface area contributed by atoms with Crippen LogP contribution in [0.4, 0.5) is 4.79 Å². The van der Waals surface area contributed by atoms with E-state index in [4.69, 9.17) is 14.2 Å². The highest BCUT2D eigenvalue weighted by molar-refractivity contribution is 5.86. The van der Waals surface area contributed by atoms with E-state index >= 15 is 0 Å². The lowest BCUT2D eigenvalue weighted by molar-refractivity contribution is -0.148. The van der Waals surface area contributed by atoms with E-state index in [1.54, 1.807) is 12.2 Å². The molecule has 3 aromatic carbocycles. The van der Waals surface area contributed by atoms with E-state index in [2.05, 4.69) is 41.2 Å². The zero-order chi connectivity index (χ0) is 39.0. The van der Waals surface area contributed by atoms with Crippen LogP contribution in [0.1, 0.15) is 74.0 Å². The number of rotatable bonds is 21. The summed E-state index contributed by atoms with van der Waals surface area (Å²) in [6.07, 6.45) is 6.43. The molecular weight excluding hydrogens is 698 g/mol. The summed E-state index contributed by atoms with van der Waals surface area (Å²) in [5, 5.41) is 18.5. The minimum absolute atomic E-state index is 0.00563. The molecule has 0 heterocycles. The van der Waals surface area contributed by atoms with Gasteiger partial charge in [0.1, 0.15) is 19.3 Å². The van der Waals surface area contributed by atoms with Gasteiger partial charge in [0.2, 0.25) is 11.8 Å². The summed E-state index contributed by atoms with van der Waals surface area (Å²) in [5.41, 5.74) is 4.61. The normalized spacial score (nSPS) is 15.7. The van der Waals surface area contributed by atoms with Crippen molar-refractivity contribution in [2.45, 2.75) is 81.5 Å². The van der Waals surface area contributed by atoms with Gasteiger partial charge in [0.25, 0.3) is 0 Å². The fourth-order valence-corrected chi connectivity index (χ4v) is 7.37. The number of allylic oxidation sites excluding steroid dienone is 2. The number of nitrogens with one attached hydrogen (secondary N) is 3. The van der Waals surface area contributed by atoms with E-state index in [9.17, 15) is 24.3 Å². The van der Waals surface area contributed by atoms with E-state index in [0.29, 0.717) is 19.3 Å². The second-order valence-electron chi connectivity index (χ2n) is 14.3. The molecule has 292 valence electrons. The van der Waals surface area contributed by atoms with Crippen molar-refractivity contribution >= 4 is 23.9 Å². The molecule has 0 bridgehead atoms. The van der Waals surface area contributed by atoms with Crippen LogP contribution in [0.25, 0.3) is 11.1 Å². The third-order valence-corrected chi connectivity index (χ3v) is 10.3. The van der Waals surface area contributed by atoms with Crippen LogP contribution in [0.3, 0.4) is 0 Å². The van der Waals surface area contributed by atoms with Gasteiger partial charge in [0, 0.05) is 12.3 Å². The van der Waals surface area contributed by atoms with Crippen molar-refractivity contribution in [2.75, 3.05) is 26.4 Å². The van der Waals surface area contributed by atoms with Crippen LogP contribution in [0, 0.1) is 5.92 Å². The number of carbonyl (C=O) groups excluding carboxylic acids is 4. The van der Waals surface area contributed by atoms with E-state index in [1.807, 2.05) is 66.7 Å². The fourth-order valence-electron chi connectivity index (χ4n) is 7.37. The molecule has 3 atom stereocenters. The Morgan fingerprint density at radius 1 is 0.836 bits per heavy atom. The molecule has 0 unspecified atom stereocenters. The van der Waals surface area contributed by atoms with Crippen LogP contribution in [-0.4, -0.2) is 73.0 Å². The maximum absolute atomic E-state index is 13.6. The van der Waals surface area contributed by atoms with Crippen molar-refractivity contribution in [3.63, 3.8) is 0 Å². The number of hydrogen-bond acceptors (Lipinski definition) is 8. The minimum Gasteiger partial charge on any atom is -0.462 e. The summed E-state index contributed by atoms with van der Waals surface area (Å²) >= 11 is 0. The number of alkyl carbamates (subject to hydrolysis) is 1. The molecule has 11 heteroatoms. The van der Waals surface area contributed by atoms with Gasteiger partial charge in [0.15, 0.2) is 0 Å². The van der Waals surface area contributed by atoms with Gasteiger partial charge in [-0.2, -0.15) is 0 Å². The Hall–Kier alpha value is -5.26. The molecule has 0 aliphatic heterocycles. The standard InChI is InChI=1S/C44H53N3O8/c1-3-5-22-39(46-43(52)55-29-38-36-20-11-9-18-34(36)35-19-10-12-21-37(35)38)42(51)54-28-33(27-53-26-31-16-7-6-8-17-31)45-41(50)32(15-4-2)25-40(49)47-44(30-48)23-13-14-24-44/h3-4,6-12,16-21,32-33,38-39,48H,1-2,5,13-15,22-30H2,(H,45,50)(H,46,52)(H,47,49)/t32-,33-,39-/m0/s1. The first-order chi connectivity index (χ1) is 26.8. The first-order valence-corrected chi connectivity index (χ1v) is 19.1.